The molecule has 0 saturated heterocycles. The smallest absolute Gasteiger partial charge is 0.251 e. The molecule has 0 aromatic carbocycles. The molecule has 0 aliphatic heterocycles. The van der Waals surface area contributed by atoms with E-state index in [2.05, 4.69) is 4.98 Å². The van der Waals surface area contributed by atoms with Crippen molar-refractivity contribution in [2.45, 2.75) is 0 Å². The largest absolute Gasteiger partial charge is 0.494 e. The predicted octanol–water partition coefficient (Wildman–Crippen LogP) is 2.33. The van der Waals surface area contributed by atoms with Gasteiger partial charge in [0.25, 0.3) is 5.56 Å². The molecule has 0 saturated carbocycles. The fourth-order valence-corrected chi connectivity index (χ4v) is 2.38. The number of nitriles is 1. The molecule has 4 nitrogen and oxygen atoms in total. The zero-order valence-corrected chi connectivity index (χ0v) is 9.39. The van der Waals surface area contributed by atoms with Gasteiger partial charge in [0.15, 0.2) is 0 Å². The molecule has 2 N–H and O–H groups in total. The molecule has 2 aromatic rings. The van der Waals surface area contributed by atoms with Crippen LogP contribution in [0.3, 0.4) is 0 Å². The van der Waals surface area contributed by atoms with Crippen molar-refractivity contribution in [3.05, 3.63) is 38.5 Å². The van der Waals surface area contributed by atoms with E-state index in [-0.39, 0.29) is 5.56 Å². The molecule has 0 aliphatic rings. The van der Waals surface area contributed by atoms with Crippen LogP contribution in [0.2, 0.25) is 4.34 Å². The average molecular weight is 253 g/mol. The summed E-state index contributed by atoms with van der Waals surface area (Å²) in [5, 5.41) is 18.3. The second-order valence-corrected chi connectivity index (χ2v) is 4.70. The van der Waals surface area contributed by atoms with E-state index in [1.165, 1.54) is 17.4 Å². The molecule has 2 rings (SSSR count). The summed E-state index contributed by atoms with van der Waals surface area (Å²) in [7, 11) is 0. The fraction of sp³-hybridized carbons (Fsp3) is 0. The van der Waals surface area contributed by atoms with Crippen molar-refractivity contribution >= 4 is 22.9 Å². The Hall–Kier alpha value is -1.77. The van der Waals surface area contributed by atoms with E-state index in [0.717, 1.165) is 0 Å². The lowest BCUT2D eigenvalue weighted by Gasteiger charge is -2.01. The first-order valence-corrected chi connectivity index (χ1v) is 5.43. The first-order valence-electron chi connectivity index (χ1n) is 4.24. The summed E-state index contributed by atoms with van der Waals surface area (Å²) < 4.78 is 0.554. The molecule has 0 amide bonds. The van der Waals surface area contributed by atoms with Crippen molar-refractivity contribution < 1.29 is 5.11 Å². The van der Waals surface area contributed by atoms with Crippen LogP contribution in [0.15, 0.2) is 23.0 Å². The van der Waals surface area contributed by atoms with Crippen LogP contribution < -0.4 is 5.56 Å². The highest BCUT2D eigenvalue weighted by atomic mass is 35.5. The van der Waals surface area contributed by atoms with Crippen molar-refractivity contribution in [3.63, 3.8) is 0 Å². The van der Waals surface area contributed by atoms with Crippen LogP contribution >= 0.6 is 22.9 Å². The SMILES string of the molecule is N#Cc1c(-c2ccc(Cl)s2)cc(=O)[nH]c1O. The first kappa shape index (κ1) is 10.7. The Balaban J connectivity index is 2.74. The molecule has 80 valence electrons. The molecular formula is C10H5ClN2O2S. The second-order valence-electron chi connectivity index (χ2n) is 2.99. The van der Waals surface area contributed by atoms with E-state index in [4.69, 9.17) is 16.9 Å². The van der Waals surface area contributed by atoms with Crippen molar-refractivity contribution in [1.29, 1.82) is 5.26 Å². The fourth-order valence-electron chi connectivity index (χ4n) is 1.31. The normalized spacial score (nSPS) is 10.0. The highest BCUT2D eigenvalue weighted by molar-refractivity contribution is 7.19. The van der Waals surface area contributed by atoms with Crippen molar-refractivity contribution in [2.75, 3.05) is 0 Å². The number of nitrogens with one attached hydrogen (secondary N) is 1. The Kier molecular flexibility index (Phi) is 2.69. The van der Waals surface area contributed by atoms with Crippen molar-refractivity contribution in [1.82, 2.24) is 4.98 Å². The van der Waals surface area contributed by atoms with Crippen molar-refractivity contribution in [2.24, 2.45) is 0 Å². The minimum absolute atomic E-state index is 0.0399. The molecule has 2 heterocycles. The van der Waals surface area contributed by atoms with E-state index < -0.39 is 11.4 Å². The third kappa shape index (κ3) is 1.81. The zero-order chi connectivity index (χ0) is 11.7. The third-order valence-corrected chi connectivity index (χ3v) is 3.24. The maximum atomic E-state index is 11.2. The number of pyridine rings is 1. The average Bonchev–Trinajstić information content (AvgIpc) is 2.63. The van der Waals surface area contributed by atoms with E-state index >= 15 is 0 Å². The van der Waals surface area contributed by atoms with Crippen LogP contribution in [0.5, 0.6) is 5.88 Å². The molecule has 6 heteroatoms. The molecule has 0 bridgehead atoms. The van der Waals surface area contributed by atoms with Gasteiger partial charge in [0.2, 0.25) is 5.88 Å². The Morgan fingerprint density at radius 2 is 2.25 bits per heavy atom. The maximum absolute atomic E-state index is 11.2. The molecule has 0 unspecified atom stereocenters. The highest BCUT2D eigenvalue weighted by Gasteiger charge is 2.13. The summed E-state index contributed by atoms with van der Waals surface area (Å²) in [6, 6.07) is 6.47. The number of aromatic hydroxyl groups is 1. The molecule has 0 atom stereocenters. The molecule has 0 aliphatic carbocycles. The minimum atomic E-state index is -0.462. The van der Waals surface area contributed by atoms with Crippen LogP contribution in [-0.2, 0) is 0 Å². The number of hydrogen-bond donors (Lipinski definition) is 2. The molecule has 2 aromatic heterocycles. The molecular weight excluding hydrogens is 248 g/mol. The van der Waals surface area contributed by atoms with Gasteiger partial charge in [-0.15, -0.1) is 11.3 Å². The number of hydrogen-bond acceptors (Lipinski definition) is 4. The minimum Gasteiger partial charge on any atom is -0.494 e. The Morgan fingerprint density at radius 1 is 1.50 bits per heavy atom. The maximum Gasteiger partial charge on any atom is 0.251 e. The Morgan fingerprint density at radius 3 is 2.81 bits per heavy atom. The number of aromatic amines is 1. The van der Waals surface area contributed by atoms with Crippen LogP contribution in [0.4, 0.5) is 0 Å². The molecule has 0 fully saturated rings. The summed E-state index contributed by atoms with van der Waals surface area (Å²) >= 11 is 7.01. The summed E-state index contributed by atoms with van der Waals surface area (Å²) in [5.41, 5.74) is -0.0326. The van der Waals surface area contributed by atoms with Gasteiger partial charge in [-0.3, -0.25) is 9.78 Å². The van der Waals surface area contributed by atoms with E-state index in [0.29, 0.717) is 14.8 Å². The van der Waals surface area contributed by atoms with E-state index in [1.807, 2.05) is 6.07 Å². The van der Waals surface area contributed by atoms with E-state index in [1.54, 1.807) is 12.1 Å². The number of H-pyrrole nitrogens is 1. The lowest BCUT2D eigenvalue weighted by Crippen LogP contribution is -2.05. The van der Waals surface area contributed by atoms with Gasteiger partial charge in [0, 0.05) is 16.5 Å². The van der Waals surface area contributed by atoms with E-state index in [9.17, 15) is 9.90 Å². The highest BCUT2D eigenvalue weighted by Crippen LogP contribution is 2.33. The lowest BCUT2D eigenvalue weighted by atomic mass is 10.1. The number of halogens is 1. The van der Waals surface area contributed by atoms with Crippen LogP contribution in [0, 0.1) is 11.3 Å². The van der Waals surface area contributed by atoms with Gasteiger partial charge < -0.3 is 5.11 Å². The number of nitrogens with zero attached hydrogens (tertiary/aromatic N) is 1. The summed E-state index contributed by atoms with van der Waals surface area (Å²) in [5.74, 6) is -0.422. The van der Waals surface area contributed by atoms with Crippen LogP contribution in [0.1, 0.15) is 5.56 Å². The van der Waals surface area contributed by atoms with Gasteiger partial charge in [-0.25, -0.2) is 0 Å². The van der Waals surface area contributed by atoms with Gasteiger partial charge in [-0.05, 0) is 12.1 Å². The third-order valence-electron chi connectivity index (χ3n) is 1.97. The van der Waals surface area contributed by atoms with Crippen LogP contribution in [-0.4, -0.2) is 10.1 Å². The first-order chi connectivity index (χ1) is 7.61. The number of thiophene rings is 1. The monoisotopic (exact) mass is 252 g/mol. The topological polar surface area (TPSA) is 76.9 Å². The molecule has 16 heavy (non-hydrogen) atoms. The molecule has 0 radical (unpaired) electrons. The van der Waals surface area contributed by atoms with Gasteiger partial charge in [0.1, 0.15) is 11.6 Å². The summed E-state index contributed by atoms with van der Waals surface area (Å²) in [6.45, 7) is 0. The number of rotatable bonds is 1. The van der Waals surface area contributed by atoms with Gasteiger partial charge in [0.05, 0.1) is 4.34 Å². The number of aromatic nitrogens is 1. The summed E-state index contributed by atoms with van der Waals surface area (Å²) in [6.07, 6.45) is 0. The standard InChI is InChI=1S/C10H5ClN2O2S/c11-8-2-1-7(16-8)5-3-9(14)13-10(15)6(5)4-12/h1-3H,(H2,13,14,15). The lowest BCUT2D eigenvalue weighted by molar-refractivity contribution is 0.450. The quantitative estimate of drug-likeness (QED) is 0.818. The Bertz CT molecular complexity index is 639. The molecule has 0 spiro atoms. The second kappa shape index (κ2) is 4.00. The van der Waals surface area contributed by atoms with Crippen LogP contribution in [0.25, 0.3) is 10.4 Å². The van der Waals surface area contributed by atoms with Gasteiger partial charge in [-0.2, -0.15) is 5.26 Å². The van der Waals surface area contributed by atoms with Gasteiger partial charge in [-0.1, -0.05) is 11.6 Å². The van der Waals surface area contributed by atoms with Gasteiger partial charge >= 0.3 is 0 Å². The Labute approximate surface area is 99.4 Å². The summed E-state index contributed by atoms with van der Waals surface area (Å²) in [4.78, 5) is 14.0. The van der Waals surface area contributed by atoms with Crippen molar-refractivity contribution in [3.8, 4) is 22.4 Å². The zero-order valence-electron chi connectivity index (χ0n) is 7.82. The predicted molar refractivity (Wildman–Crippen MR) is 61.8 cm³/mol.